The molecule has 0 radical (unpaired) electrons. The summed E-state index contributed by atoms with van der Waals surface area (Å²) in [6.45, 7) is 3.12. The molecule has 5 heteroatoms. The number of methoxy groups -OCH3 is 1. The molecular formula is C19H16O5. The van der Waals surface area contributed by atoms with Crippen LogP contribution in [0.4, 0.5) is 0 Å². The molecule has 0 heterocycles. The summed E-state index contributed by atoms with van der Waals surface area (Å²) >= 11 is 0. The minimum Gasteiger partial charge on any atom is -0.496 e. The van der Waals surface area contributed by atoms with Crippen molar-refractivity contribution in [2.75, 3.05) is 7.11 Å². The van der Waals surface area contributed by atoms with Crippen LogP contribution in [0.5, 0.6) is 11.5 Å². The predicted molar refractivity (Wildman–Crippen MR) is 87.0 cm³/mol. The first-order chi connectivity index (χ1) is 11.5. The maximum Gasteiger partial charge on any atom is 0.308 e. The topological polar surface area (TPSA) is 69.7 Å². The Morgan fingerprint density at radius 1 is 1.04 bits per heavy atom. The van der Waals surface area contributed by atoms with Gasteiger partial charge >= 0.3 is 5.97 Å². The Morgan fingerprint density at radius 3 is 2.21 bits per heavy atom. The van der Waals surface area contributed by atoms with E-state index >= 15 is 0 Å². The van der Waals surface area contributed by atoms with Crippen molar-refractivity contribution < 1.29 is 23.9 Å². The molecule has 3 rings (SSSR count). The number of ketones is 2. The van der Waals surface area contributed by atoms with Gasteiger partial charge in [0.25, 0.3) is 0 Å². The molecule has 0 saturated heterocycles. The van der Waals surface area contributed by atoms with Crippen LogP contribution >= 0.6 is 0 Å². The van der Waals surface area contributed by atoms with Gasteiger partial charge in [-0.3, -0.25) is 14.4 Å². The van der Waals surface area contributed by atoms with Crippen molar-refractivity contribution in [1.82, 2.24) is 0 Å². The van der Waals surface area contributed by atoms with Crippen LogP contribution in [0.2, 0.25) is 0 Å². The van der Waals surface area contributed by atoms with Crippen molar-refractivity contribution in [2.45, 2.75) is 20.3 Å². The van der Waals surface area contributed by atoms with E-state index in [0.717, 1.165) is 0 Å². The van der Waals surface area contributed by atoms with E-state index in [1.807, 2.05) is 6.92 Å². The summed E-state index contributed by atoms with van der Waals surface area (Å²) in [4.78, 5) is 37.3. The van der Waals surface area contributed by atoms with Gasteiger partial charge in [0.1, 0.15) is 11.5 Å². The van der Waals surface area contributed by atoms with Crippen molar-refractivity contribution in [3.05, 3.63) is 58.1 Å². The Kier molecular flexibility index (Phi) is 3.93. The van der Waals surface area contributed by atoms with Gasteiger partial charge in [0.05, 0.1) is 12.7 Å². The first kappa shape index (κ1) is 15.9. The third-order valence-corrected chi connectivity index (χ3v) is 4.05. The zero-order valence-electron chi connectivity index (χ0n) is 13.6. The molecule has 1 aliphatic carbocycles. The van der Waals surface area contributed by atoms with E-state index in [-0.39, 0.29) is 28.4 Å². The Morgan fingerprint density at radius 2 is 1.67 bits per heavy atom. The SMILES string of the molecule is CCc1c(OC)cc2c(c1OC(C)=O)C(=O)c1ccccc1C2=O. The average Bonchev–Trinajstić information content (AvgIpc) is 2.58. The molecule has 2 aromatic carbocycles. The van der Waals surface area contributed by atoms with E-state index in [9.17, 15) is 14.4 Å². The molecule has 0 amide bonds. The number of hydrogen-bond acceptors (Lipinski definition) is 5. The molecule has 2 aromatic rings. The van der Waals surface area contributed by atoms with Gasteiger partial charge in [-0.15, -0.1) is 0 Å². The summed E-state index contributed by atoms with van der Waals surface area (Å²) in [6.07, 6.45) is 0.488. The van der Waals surface area contributed by atoms with Gasteiger partial charge in [0.15, 0.2) is 11.6 Å². The second-order valence-electron chi connectivity index (χ2n) is 5.46. The molecule has 0 atom stereocenters. The third-order valence-electron chi connectivity index (χ3n) is 4.05. The summed E-state index contributed by atoms with van der Waals surface area (Å²) in [5.41, 5.74) is 1.58. The highest BCUT2D eigenvalue weighted by Crippen LogP contribution is 2.40. The lowest BCUT2D eigenvalue weighted by molar-refractivity contribution is -0.131. The second-order valence-corrected chi connectivity index (χ2v) is 5.46. The molecule has 0 spiro atoms. The summed E-state index contributed by atoms with van der Waals surface area (Å²) in [5.74, 6) is -0.622. The number of benzene rings is 2. The molecule has 0 N–H and O–H groups in total. The molecule has 0 saturated carbocycles. The number of ether oxygens (including phenoxy) is 2. The second kappa shape index (κ2) is 5.92. The summed E-state index contributed by atoms with van der Waals surface area (Å²) in [6, 6.07) is 8.18. The van der Waals surface area contributed by atoms with Gasteiger partial charge < -0.3 is 9.47 Å². The zero-order chi connectivity index (χ0) is 17.4. The highest BCUT2D eigenvalue weighted by Gasteiger charge is 2.35. The smallest absolute Gasteiger partial charge is 0.308 e. The van der Waals surface area contributed by atoms with E-state index in [1.165, 1.54) is 14.0 Å². The van der Waals surface area contributed by atoms with Crippen LogP contribution in [0.1, 0.15) is 51.3 Å². The van der Waals surface area contributed by atoms with Crippen LogP contribution in [0.25, 0.3) is 0 Å². The Hall–Kier alpha value is -2.95. The van der Waals surface area contributed by atoms with Crippen LogP contribution in [0.15, 0.2) is 30.3 Å². The van der Waals surface area contributed by atoms with Crippen molar-refractivity contribution in [1.29, 1.82) is 0 Å². The van der Waals surface area contributed by atoms with Crippen molar-refractivity contribution in [2.24, 2.45) is 0 Å². The van der Waals surface area contributed by atoms with Gasteiger partial charge in [-0.1, -0.05) is 31.2 Å². The molecule has 0 unspecified atom stereocenters. The van der Waals surface area contributed by atoms with Crippen LogP contribution in [0.3, 0.4) is 0 Å². The minimum absolute atomic E-state index is 0.118. The average molecular weight is 324 g/mol. The molecule has 0 aliphatic heterocycles. The van der Waals surface area contributed by atoms with Gasteiger partial charge in [-0.25, -0.2) is 0 Å². The Balaban J connectivity index is 2.37. The third kappa shape index (κ3) is 2.29. The monoisotopic (exact) mass is 324 g/mol. The van der Waals surface area contributed by atoms with Crippen LogP contribution < -0.4 is 9.47 Å². The van der Waals surface area contributed by atoms with Crippen LogP contribution in [-0.4, -0.2) is 24.6 Å². The molecule has 1 aliphatic rings. The number of fused-ring (bicyclic) bond motifs is 2. The first-order valence-electron chi connectivity index (χ1n) is 7.60. The first-order valence-corrected chi connectivity index (χ1v) is 7.60. The fourth-order valence-electron chi connectivity index (χ4n) is 3.01. The molecule has 5 nitrogen and oxygen atoms in total. The largest absolute Gasteiger partial charge is 0.496 e. The number of carbonyl (C=O) groups excluding carboxylic acids is 3. The fraction of sp³-hybridized carbons (Fsp3) is 0.211. The lowest BCUT2D eigenvalue weighted by Gasteiger charge is -2.23. The zero-order valence-corrected chi connectivity index (χ0v) is 13.6. The summed E-state index contributed by atoms with van der Waals surface area (Å²) in [5, 5.41) is 0. The summed E-state index contributed by atoms with van der Waals surface area (Å²) in [7, 11) is 1.47. The van der Waals surface area contributed by atoms with Crippen LogP contribution in [0, 0.1) is 0 Å². The predicted octanol–water partition coefficient (Wildman–Crippen LogP) is 2.96. The molecule has 0 aromatic heterocycles. The number of hydrogen-bond donors (Lipinski definition) is 0. The molecule has 122 valence electrons. The lowest BCUT2D eigenvalue weighted by atomic mass is 9.82. The van der Waals surface area contributed by atoms with Gasteiger partial charge in [-0.2, -0.15) is 0 Å². The molecule has 0 bridgehead atoms. The van der Waals surface area contributed by atoms with Crippen molar-refractivity contribution in [3.8, 4) is 11.5 Å². The van der Waals surface area contributed by atoms with E-state index in [1.54, 1.807) is 30.3 Å². The Bertz CT molecular complexity index is 880. The molecule has 0 fully saturated rings. The van der Waals surface area contributed by atoms with E-state index in [2.05, 4.69) is 0 Å². The van der Waals surface area contributed by atoms with Crippen molar-refractivity contribution >= 4 is 17.5 Å². The maximum absolute atomic E-state index is 12.9. The van der Waals surface area contributed by atoms with Gasteiger partial charge in [0.2, 0.25) is 0 Å². The van der Waals surface area contributed by atoms with E-state index in [4.69, 9.17) is 9.47 Å². The number of esters is 1. The van der Waals surface area contributed by atoms with E-state index < -0.39 is 5.97 Å². The number of rotatable bonds is 3. The Labute approximate surface area is 139 Å². The number of carbonyl (C=O) groups is 3. The molecular weight excluding hydrogens is 308 g/mol. The normalized spacial score (nSPS) is 12.5. The highest BCUT2D eigenvalue weighted by molar-refractivity contribution is 6.29. The van der Waals surface area contributed by atoms with Gasteiger partial charge in [-0.05, 0) is 12.5 Å². The fourth-order valence-corrected chi connectivity index (χ4v) is 3.01. The lowest BCUT2D eigenvalue weighted by Crippen LogP contribution is -2.23. The van der Waals surface area contributed by atoms with Crippen LogP contribution in [-0.2, 0) is 11.2 Å². The minimum atomic E-state index is -0.556. The van der Waals surface area contributed by atoms with E-state index in [0.29, 0.717) is 28.9 Å². The maximum atomic E-state index is 12.9. The van der Waals surface area contributed by atoms with Crippen molar-refractivity contribution in [3.63, 3.8) is 0 Å². The van der Waals surface area contributed by atoms with Gasteiger partial charge in [0, 0.05) is 29.2 Å². The highest BCUT2D eigenvalue weighted by atomic mass is 16.5. The quantitative estimate of drug-likeness (QED) is 0.547. The molecule has 24 heavy (non-hydrogen) atoms. The summed E-state index contributed by atoms with van der Waals surface area (Å²) < 4.78 is 10.7. The standard InChI is InChI=1S/C19H16O5/c1-4-11-15(23-3)9-14-16(19(11)24-10(2)20)18(22)13-8-6-5-7-12(13)17(14)21/h5-9H,4H2,1-3H3.